The van der Waals surface area contributed by atoms with E-state index < -0.39 is 0 Å². The van der Waals surface area contributed by atoms with Crippen LogP contribution in [0.2, 0.25) is 0 Å². The van der Waals surface area contributed by atoms with Crippen LogP contribution in [0.15, 0.2) is 78.9 Å². The Morgan fingerprint density at radius 3 is 2.21 bits per heavy atom. The van der Waals surface area contributed by atoms with Gasteiger partial charge in [-0.3, -0.25) is 14.5 Å². The molecule has 0 spiro atoms. The number of carbonyl (C=O) groups excluding carboxylic acids is 2. The number of ether oxygens (including phenoxy) is 2. The predicted octanol–water partition coefficient (Wildman–Crippen LogP) is 6.43. The molecule has 5 rings (SSSR count). The number of hydrogen-bond donors (Lipinski definition) is 2. The molecular weight excluding hydrogens is 526 g/mol. The molecule has 4 aromatic rings. The Hall–Kier alpha value is -4.62. The van der Waals surface area contributed by atoms with E-state index in [1.165, 1.54) is 16.7 Å². The summed E-state index contributed by atoms with van der Waals surface area (Å²) in [5, 5.41) is 5.87. The minimum Gasteiger partial charge on any atom is -0.493 e. The van der Waals surface area contributed by atoms with E-state index in [2.05, 4.69) is 39.8 Å². The van der Waals surface area contributed by atoms with Crippen LogP contribution >= 0.6 is 0 Å². The van der Waals surface area contributed by atoms with Crippen molar-refractivity contribution in [2.24, 2.45) is 0 Å². The van der Waals surface area contributed by atoms with Gasteiger partial charge in [0.05, 0.1) is 25.5 Å². The highest BCUT2D eigenvalue weighted by atomic mass is 16.5. The average molecular weight is 564 g/mol. The lowest BCUT2D eigenvalue weighted by Gasteiger charge is -2.29. The van der Waals surface area contributed by atoms with E-state index in [9.17, 15) is 9.59 Å². The number of fused-ring (bicyclic) bond motifs is 1. The largest absolute Gasteiger partial charge is 0.493 e. The molecule has 7 nitrogen and oxygen atoms in total. The topological polar surface area (TPSA) is 79.9 Å². The van der Waals surface area contributed by atoms with Gasteiger partial charge < -0.3 is 20.1 Å². The highest BCUT2D eigenvalue weighted by Gasteiger charge is 2.19. The van der Waals surface area contributed by atoms with Crippen molar-refractivity contribution >= 4 is 23.2 Å². The van der Waals surface area contributed by atoms with Gasteiger partial charge in [0.25, 0.3) is 11.8 Å². The zero-order chi connectivity index (χ0) is 29.6. The van der Waals surface area contributed by atoms with Crippen molar-refractivity contribution in [3.05, 3.63) is 118 Å². The normalized spacial score (nSPS) is 12.8. The number of nitrogens with one attached hydrogen (secondary N) is 2. The number of aryl methyl sites for hydroxylation is 2. The zero-order valence-corrected chi connectivity index (χ0v) is 24.6. The summed E-state index contributed by atoms with van der Waals surface area (Å²) in [7, 11) is 3.34. The fourth-order valence-electron chi connectivity index (χ4n) is 5.24. The summed E-state index contributed by atoms with van der Waals surface area (Å²) < 4.78 is 10.9. The third kappa shape index (κ3) is 6.64. The summed E-state index contributed by atoms with van der Waals surface area (Å²) in [5.41, 5.74) is 8.08. The van der Waals surface area contributed by atoms with Gasteiger partial charge in [-0.15, -0.1) is 0 Å². The Kier molecular flexibility index (Phi) is 8.88. The van der Waals surface area contributed by atoms with Crippen LogP contribution in [0.1, 0.15) is 48.5 Å². The summed E-state index contributed by atoms with van der Waals surface area (Å²) in [6, 6.07) is 24.7. The number of rotatable bonds is 9. The van der Waals surface area contributed by atoms with E-state index in [-0.39, 0.29) is 11.8 Å². The number of nitrogens with zero attached hydrogens (tertiary/aromatic N) is 1. The first-order chi connectivity index (χ1) is 20.3. The lowest BCUT2D eigenvalue weighted by molar-refractivity contribution is 0.102. The number of hydrogen-bond acceptors (Lipinski definition) is 5. The monoisotopic (exact) mass is 563 g/mol. The Morgan fingerprint density at radius 2 is 1.50 bits per heavy atom. The maximum atomic E-state index is 13.2. The zero-order valence-electron chi connectivity index (χ0n) is 24.6. The third-order valence-electron chi connectivity index (χ3n) is 7.91. The highest BCUT2D eigenvalue weighted by Crippen LogP contribution is 2.33. The van der Waals surface area contributed by atoms with Crippen molar-refractivity contribution < 1.29 is 19.1 Å². The molecule has 1 aliphatic heterocycles. The molecule has 1 aliphatic rings. The predicted molar refractivity (Wildman–Crippen MR) is 167 cm³/mol. The lowest BCUT2D eigenvalue weighted by Crippen LogP contribution is -2.32. The van der Waals surface area contributed by atoms with Gasteiger partial charge in [0.2, 0.25) is 0 Å². The minimum absolute atomic E-state index is 0.251. The summed E-state index contributed by atoms with van der Waals surface area (Å²) >= 11 is 0. The van der Waals surface area contributed by atoms with Crippen LogP contribution in [0.4, 0.5) is 11.4 Å². The maximum Gasteiger partial charge on any atom is 0.257 e. The van der Waals surface area contributed by atoms with Gasteiger partial charge in [-0.2, -0.15) is 0 Å². The van der Waals surface area contributed by atoms with E-state index in [4.69, 9.17) is 9.47 Å². The second-order valence-electron chi connectivity index (χ2n) is 10.7. The van der Waals surface area contributed by atoms with Gasteiger partial charge in [-0.25, -0.2) is 0 Å². The van der Waals surface area contributed by atoms with Crippen molar-refractivity contribution in [3.63, 3.8) is 0 Å². The Bertz CT molecular complexity index is 1600. The number of methoxy groups -OCH3 is 2. The van der Waals surface area contributed by atoms with Crippen molar-refractivity contribution in [1.82, 2.24) is 4.90 Å². The molecule has 216 valence electrons. The van der Waals surface area contributed by atoms with Crippen molar-refractivity contribution in [1.29, 1.82) is 0 Å². The van der Waals surface area contributed by atoms with E-state index in [1.54, 1.807) is 44.6 Å². The molecule has 0 aromatic heterocycles. The third-order valence-corrected chi connectivity index (χ3v) is 7.91. The van der Waals surface area contributed by atoms with Crippen LogP contribution < -0.4 is 20.1 Å². The first kappa shape index (κ1) is 28.9. The second kappa shape index (κ2) is 12.9. The molecule has 0 radical (unpaired) electrons. The summed E-state index contributed by atoms with van der Waals surface area (Å²) in [5.74, 6) is 1.01. The summed E-state index contributed by atoms with van der Waals surface area (Å²) in [6.07, 6.45) is 1.89. The van der Waals surface area contributed by atoms with E-state index in [0.717, 1.165) is 55.1 Å². The van der Waals surface area contributed by atoms with Crippen LogP contribution in [0.3, 0.4) is 0 Å². The van der Waals surface area contributed by atoms with Crippen molar-refractivity contribution in [2.45, 2.75) is 33.2 Å². The average Bonchev–Trinajstić information content (AvgIpc) is 3.01. The molecule has 0 atom stereocenters. The van der Waals surface area contributed by atoms with Crippen LogP contribution in [0, 0.1) is 13.8 Å². The molecule has 4 aromatic carbocycles. The first-order valence-electron chi connectivity index (χ1n) is 14.2. The molecule has 1 heterocycles. The number of benzene rings is 4. The van der Waals surface area contributed by atoms with E-state index >= 15 is 0 Å². The molecular formula is C35H37N3O4. The molecule has 0 bridgehead atoms. The standard InChI is InChI=1S/C35H37N3O4/c1-23-9-12-27(19-24(23)2)34(39)37-31-8-6-5-7-30(31)35(40)36-29-13-10-25(11-14-29)15-17-38-18-16-26-20-32(41-3)33(42-4)21-28(26)22-38/h5-14,19-21H,15-18,22H2,1-4H3,(H,36,40)(H,37,39). The fraction of sp³-hybridized carbons (Fsp3) is 0.257. The number of amides is 2. The Balaban J connectivity index is 1.17. The van der Waals surface area contributed by atoms with Gasteiger partial charge in [0.15, 0.2) is 11.5 Å². The van der Waals surface area contributed by atoms with E-state index in [0.29, 0.717) is 22.5 Å². The fourth-order valence-corrected chi connectivity index (χ4v) is 5.24. The van der Waals surface area contributed by atoms with Crippen LogP contribution in [0.5, 0.6) is 11.5 Å². The van der Waals surface area contributed by atoms with Crippen molar-refractivity contribution in [2.75, 3.05) is 37.9 Å². The van der Waals surface area contributed by atoms with Crippen LogP contribution in [0.25, 0.3) is 0 Å². The van der Waals surface area contributed by atoms with Crippen LogP contribution in [-0.2, 0) is 19.4 Å². The van der Waals surface area contributed by atoms with Gasteiger partial charge in [-0.05, 0) is 103 Å². The number of carbonyl (C=O) groups is 2. The second-order valence-corrected chi connectivity index (χ2v) is 10.7. The van der Waals surface area contributed by atoms with Gasteiger partial charge >= 0.3 is 0 Å². The highest BCUT2D eigenvalue weighted by molar-refractivity contribution is 6.12. The molecule has 0 unspecified atom stereocenters. The number of para-hydroxylation sites is 1. The Morgan fingerprint density at radius 1 is 0.786 bits per heavy atom. The molecule has 0 fully saturated rings. The molecule has 0 saturated heterocycles. The first-order valence-corrected chi connectivity index (χ1v) is 14.2. The maximum absolute atomic E-state index is 13.2. The molecule has 42 heavy (non-hydrogen) atoms. The van der Waals surface area contributed by atoms with E-state index in [1.807, 2.05) is 38.1 Å². The van der Waals surface area contributed by atoms with Gasteiger partial charge in [0, 0.05) is 30.9 Å². The Labute approximate surface area is 247 Å². The molecule has 0 saturated carbocycles. The van der Waals surface area contributed by atoms with Gasteiger partial charge in [-0.1, -0.05) is 30.3 Å². The summed E-state index contributed by atoms with van der Waals surface area (Å²) in [4.78, 5) is 28.5. The quantitative estimate of drug-likeness (QED) is 0.246. The smallest absolute Gasteiger partial charge is 0.257 e. The molecule has 0 aliphatic carbocycles. The molecule has 2 amide bonds. The lowest BCUT2D eigenvalue weighted by atomic mass is 9.98. The SMILES string of the molecule is COc1cc2c(cc1OC)CN(CCc1ccc(NC(=O)c3ccccc3NC(=O)c3ccc(C)c(C)c3)cc1)CC2. The molecule has 7 heteroatoms. The number of anilines is 2. The minimum atomic E-state index is -0.280. The van der Waals surface area contributed by atoms with Crippen LogP contribution in [-0.4, -0.2) is 44.0 Å². The van der Waals surface area contributed by atoms with Crippen molar-refractivity contribution in [3.8, 4) is 11.5 Å². The summed E-state index contributed by atoms with van der Waals surface area (Å²) in [6.45, 7) is 6.79. The van der Waals surface area contributed by atoms with Gasteiger partial charge in [0.1, 0.15) is 0 Å². The molecule has 2 N–H and O–H groups in total.